The van der Waals surface area contributed by atoms with E-state index in [1.165, 1.54) is 12.1 Å². The lowest BCUT2D eigenvalue weighted by atomic mass is 10.1. The second-order valence-corrected chi connectivity index (χ2v) is 4.16. The summed E-state index contributed by atoms with van der Waals surface area (Å²) in [6, 6.07) is 13.4. The second-order valence-electron chi connectivity index (χ2n) is 4.16. The fraction of sp³-hybridized carbons (Fsp3) is 0.125. The van der Waals surface area contributed by atoms with E-state index in [9.17, 15) is 18.3 Å². The maximum atomic E-state index is 12.4. The molecule has 20 heavy (non-hydrogen) atoms. The molecule has 2 aromatic carbocycles. The van der Waals surface area contributed by atoms with Gasteiger partial charge in [0, 0.05) is 5.56 Å². The minimum atomic E-state index is -4.38. The van der Waals surface area contributed by atoms with Crippen LogP contribution >= 0.6 is 0 Å². The maximum Gasteiger partial charge on any atom is 0.416 e. The highest BCUT2D eigenvalue weighted by Crippen LogP contribution is 2.29. The third kappa shape index (κ3) is 3.62. The van der Waals surface area contributed by atoms with E-state index < -0.39 is 17.8 Å². The van der Waals surface area contributed by atoms with Crippen LogP contribution in [0.5, 0.6) is 0 Å². The summed E-state index contributed by atoms with van der Waals surface area (Å²) < 4.78 is 37.2. The van der Waals surface area contributed by atoms with E-state index in [1.54, 1.807) is 12.1 Å². The quantitative estimate of drug-likeness (QED) is 0.786. The van der Waals surface area contributed by atoms with Crippen LogP contribution in [0, 0.1) is 11.8 Å². The Labute approximate surface area is 114 Å². The average molecular weight is 276 g/mol. The third-order valence-electron chi connectivity index (χ3n) is 2.68. The summed E-state index contributed by atoms with van der Waals surface area (Å²) in [4.78, 5) is 0. The molecule has 0 radical (unpaired) electrons. The smallest absolute Gasteiger partial charge is 0.376 e. The Morgan fingerprint density at radius 3 is 2.05 bits per heavy atom. The second kappa shape index (κ2) is 5.81. The van der Waals surface area contributed by atoms with E-state index in [2.05, 4.69) is 11.8 Å². The molecule has 0 heterocycles. The first kappa shape index (κ1) is 14.2. The van der Waals surface area contributed by atoms with E-state index in [0.717, 1.165) is 17.7 Å². The van der Waals surface area contributed by atoms with E-state index >= 15 is 0 Å². The van der Waals surface area contributed by atoms with Gasteiger partial charge in [0.15, 0.2) is 0 Å². The van der Waals surface area contributed by atoms with Gasteiger partial charge in [-0.05, 0) is 29.8 Å². The monoisotopic (exact) mass is 276 g/mol. The molecule has 0 aliphatic carbocycles. The third-order valence-corrected chi connectivity index (χ3v) is 2.68. The molecule has 1 unspecified atom stereocenters. The number of aliphatic hydroxyl groups excluding tert-OH is 1. The van der Waals surface area contributed by atoms with Crippen molar-refractivity contribution in [2.24, 2.45) is 0 Å². The zero-order valence-electron chi connectivity index (χ0n) is 10.4. The molecule has 1 N–H and O–H groups in total. The lowest BCUT2D eigenvalue weighted by Crippen LogP contribution is -2.05. The van der Waals surface area contributed by atoms with E-state index in [-0.39, 0.29) is 0 Å². The Bertz CT molecular complexity index is 619. The predicted molar refractivity (Wildman–Crippen MR) is 69.7 cm³/mol. The molecule has 4 heteroatoms. The molecule has 1 nitrogen and oxygen atoms in total. The maximum absolute atomic E-state index is 12.4. The van der Waals surface area contributed by atoms with E-state index in [0.29, 0.717) is 5.56 Å². The number of rotatable bonds is 1. The first-order valence-electron chi connectivity index (χ1n) is 5.88. The van der Waals surface area contributed by atoms with Crippen molar-refractivity contribution in [1.82, 2.24) is 0 Å². The summed E-state index contributed by atoms with van der Waals surface area (Å²) in [7, 11) is 0. The van der Waals surface area contributed by atoms with Gasteiger partial charge in [0.2, 0.25) is 0 Å². The molecule has 0 fully saturated rings. The molecule has 0 bridgehead atoms. The van der Waals surface area contributed by atoms with Crippen LogP contribution in [0.25, 0.3) is 0 Å². The van der Waals surface area contributed by atoms with Crippen molar-refractivity contribution in [2.45, 2.75) is 12.3 Å². The summed E-state index contributed by atoms with van der Waals surface area (Å²) in [6.07, 6.45) is -5.49. The summed E-state index contributed by atoms with van der Waals surface area (Å²) >= 11 is 0. The van der Waals surface area contributed by atoms with Crippen molar-refractivity contribution in [3.8, 4) is 11.8 Å². The molecular formula is C16H11F3O. The van der Waals surface area contributed by atoms with Crippen LogP contribution in [0.4, 0.5) is 13.2 Å². The number of hydrogen-bond donors (Lipinski definition) is 1. The van der Waals surface area contributed by atoms with Gasteiger partial charge in [0.25, 0.3) is 0 Å². The standard InChI is InChI=1S/C16H11F3O/c17-16(18,19)14-9-7-13(8-10-14)15(20)11-6-12-4-2-1-3-5-12/h1-5,7-10,15,20H. The summed E-state index contributed by atoms with van der Waals surface area (Å²) in [5.41, 5.74) is 0.323. The summed E-state index contributed by atoms with van der Waals surface area (Å²) in [5, 5.41) is 9.82. The van der Waals surface area contributed by atoms with Gasteiger partial charge < -0.3 is 5.11 Å². The minimum Gasteiger partial charge on any atom is -0.376 e. The first-order chi connectivity index (χ1) is 9.47. The molecular weight excluding hydrogens is 265 g/mol. The van der Waals surface area contributed by atoms with E-state index in [1.807, 2.05) is 18.2 Å². The molecule has 0 aliphatic rings. The van der Waals surface area contributed by atoms with Gasteiger partial charge in [-0.3, -0.25) is 0 Å². The van der Waals surface area contributed by atoms with Crippen molar-refractivity contribution in [3.63, 3.8) is 0 Å². The summed E-state index contributed by atoms with van der Waals surface area (Å²) in [6.45, 7) is 0. The van der Waals surface area contributed by atoms with Gasteiger partial charge in [-0.15, -0.1) is 0 Å². The van der Waals surface area contributed by atoms with Crippen LogP contribution in [0.2, 0.25) is 0 Å². The number of alkyl halides is 3. The van der Waals surface area contributed by atoms with E-state index in [4.69, 9.17) is 0 Å². The Morgan fingerprint density at radius 1 is 0.900 bits per heavy atom. The Hall–Kier alpha value is -2.25. The molecule has 0 saturated heterocycles. The number of benzene rings is 2. The van der Waals surface area contributed by atoms with Crippen LogP contribution in [0.3, 0.4) is 0 Å². The highest BCUT2D eigenvalue weighted by Gasteiger charge is 2.30. The fourth-order valence-electron chi connectivity index (χ4n) is 1.61. The Kier molecular flexibility index (Phi) is 4.11. The highest BCUT2D eigenvalue weighted by atomic mass is 19.4. The molecule has 102 valence electrons. The lowest BCUT2D eigenvalue weighted by molar-refractivity contribution is -0.137. The molecule has 0 spiro atoms. The van der Waals surface area contributed by atoms with Crippen molar-refractivity contribution >= 4 is 0 Å². The zero-order chi connectivity index (χ0) is 14.6. The Morgan fingerprint density at radius 2 is 1.50 bits per heavy atom. The average Bonchev–Trinajstić information content (AvgIpc) is 2.45. The van der Waals surface area contributed by atoms with Crippen molar-refractivity contribution in [3.05, 3.63) is 71.3 Å². The van der Waals surface area contributed by atoms with Crippen molar-refractivity contribution in [1.29, 1.82) is 0 Å². The van der Waals surface area contributed by atoms with Crippen LogP contribution < -0.4 is 0 Å². The molecule has 0 saturated carbocycles. The molecule has 0 aromatic heterocycles. The zero-order valence-corrected chi connectivity index (χ0v) is 10.4. The number of hydrogen-bond acceptors (Lipinski definition) is 1. The van der Waals surface area contributed by atoms with Crippen LogP contribution in [-0.4, -0.2) is 5.11 Å². The predicted octanol–water partition coefficient (Wildman–Crippen LogP) is 3.79. The Balaban J connectivity index is 2.14. The highest BCUT2D eigenvalue weighted by molar-refractivity contribution is 5.37. The van der Waals surface area contributed by atoms with Crippen molar-refractivity contribution in [2.75, 3.05) is 0 Å². The lowest BCUT2D eigenvalue weighted by Gasteiger charge is -2.08. The SMILES string of the molecule is OC(C#Cc1ccccc1)c1ccc(C(F)(F)F)cc1. The van der Waals surface area contributed by atoms with Crippen LogP contribution in [0.1, 0.15) is 22.8 Å². The van der Waals surface area contributed by atoms with Gasteiger partial charge in [-0.2, -0.15) is 13.2 Å². The molecule has 0 amide bonds. The molecule has 2 rings (SSSR count). The minimum absolute atomic E-state index is 0.335. The summed E-state index contributed by atoms with van der Waals surface area (Å²) in [5.74, 6) is 5.36. The topological polar surface area (TPSA) is 20.2 Å². The van der Waals surface area contributed by atoms with Gasteiger partial charge >= 0.3 is 6.18 Å². The van der Waals surface area contributed by atoms with Crippen molar-refractivity contribution < 1.29 is 18.3 Å². The largest absolute Gasteiger partial charge is 0.416 e. The number of halogens is 3. The van der Waals surface area contributed by atoms with Gasteiger partial charge in [0.05, 0.1) is 5.56 Å². The fourth-order valence-corrected chi connectivity index (χ4v) is 1.61. The molecule has 1 atom stereocenters. The van der Waals surface area contributed by atoms with Gasteiger partial charge in [-0.1, -0.05) is 42.2 Å². The molecule has 0 aliphatic heterocycles. The normalized spacial score (nSPS) is 12.4. The number of aliphatic hydroxyl groups is 1. The van der Waals surface area contributed by atoms with Crippen LogP contribution in [-0.2, 0) is 6.18 Å². The molecule has 2 aromatic rings. The van der Waals surface area contributed by atoms with Gasteiger partial charge in [-0.25, -0.2) is 0 Å². The van der Waals surface area contributed by atoms with Gasteiger partial charge in [0.1, 0.15) is 6.10 Å². The van der Waals surface area contributed by atoms with Crippen LogP contribution in [0.15, 0.2) is 54.6 Å². The first-order valence-corrected chi connectivity index (χ1v) is 5.88.